The molecule has 0 radical (unpaired) electrons. The van der Waals surface area contributed by atoms with Gasteiger partial charge in [0.25, 0.3) is 5.69 Å². The first-order valence-corrected chi connectivity index (χ1v) is 10.5. The van der Waals surface area contributed by atoms with Gasteiger partial charge in [0.15, 0.2) is 0 Å². The highest BCUT2D eigenvalue weighted by Gasteiger charge is 2.22. The van der Waals surface area contributed by atoms with E-state index in [1.54, 1.807) is 6.07 Å². The molecule has 2 aliphatic heterocycles. The number of piperidine rings is 1. The van der Waals surface area contributed by atoms with Crippen molar-refractivity contribution in [1.82, 2.24) is 9.88 Å². The molecule has 4 rings (SSSR count). The summed E-state index contributed by atoms with van der Waals surface area (Å²) >= 11 is 0. The van der Waals surface area contributed by atoms with E-state index < -0.39 is 4.92 Å². The Bertz CT molecular complexity index is 921. The highest BCUT2D eigenvalue weighted by atomic mass is 16.6. The third-order valence-corrected chi connectivity index (χ3v) is 6.10. The van der Waals surface area contributed by atoms with Gasteiger partial charge in [-0.2, -0.15) is 0 Å². The topological polar surface area (TPSA) is 71.7 Å². The van der Waals surface area contributed by atoms with Crippen LogP contribution in [0.25, 0.3) is 0 Å². The van der Waals surface area contributed by atoms with Crippen LogP contribution in [-0.4, -0.2) is 41.0 Å². The SMILES string of the molecule is C=C(C)N1CCc2ccc(OCC3CCN(c4ccc([N+](=O)[O-])cn4)CC3)cc2C1. The number of nitro groups is 1. The second-order valence-corrected chi connectivity index (χ2v) is 8.21. The van der Waals surface area contributed by atoms with E-state index in [4.69, 9.17) is 4.74 Å². The van der Waals surface area contributed by atoms with Crippen molar-refractivity contribution in [3.05, 3.63) is 70.0 Å². The number of anilines is 1. The van der Waals surface area contributed by atoms with Crippen LogP contribution >= 0.6 is 0 Å². The molecule has 0 unspecified atom stereocenters. The molecule has 0 spiro atoms. The predicted molar refractivity (Wildman–Crippen MR) is 117 cm³/mol. The number of ether oxygens (including phenoxy) is 1. The Hall–Kier alpha value is -3.09. The monoisotopic (exact) mass is 408 g/mol. The largest absolute Gasteiger partial charge is 0.493 e. The van der Waals surface area contributed by atoms with Gasteiger partial charge in [0.2, 0.25) is 0 Å². The number of aromatic nitrogens is 1. The summed E-state index contributed by atoms with van der Waals surface area (Å²) < 4.78 is 6.14. The first kappa shape index (κ1) is 20.2. The van der Waals surface area contributed by atoms with Crippen LogP contribution in [0, 0.1) is 16.0 Å². The Balaban J connectivity index is 1.28. The normalized spacial score (nSPS) is 16.8. The van der Waals surface area contributed by atoms with Gasteiger partial charge in [-0.3, -0.25) is 10.1 Å². The molecule has 0 N–H and O–H groups in total. The molecule has 2 aromatic rings. The predicted octanol–water partition coefficient (Wildman–Crippen LogP) is 4.18. The molecule has 30 heavy (non-hydrogen) atoms. The molecule has 3 heterocycles. The highest BCUT2D eigenvalue weighted by Crippen LogP contribution is 2.27. The maximum absolute atomic E-state index is 10.8. The van der Waals surface area contributed by atoms with Crippen molar-refractivity contribution in [2.45, 2.75) is 32.7 Å². The van der Waals surface area contributed by atoms with Crippen molar-refractivity contribution in [1.29, 1.82) is 0 Å². The Morgan fingerprint density at radius 3 is 2.70 bits per heavy atom. The van der Waals surface area contributed by atoms with E-state index in [1.807, 2.05) is 0 Å². The zero-order chi connectivity index (χ0) is 21.1. The molecule has 7 nitrogen and oxygen atoms in total. The van der Waals surface area contributed by atoms with Gasteiger partial charge in [0, 0.05) is 37.9 Å². The standard InChI is InChI=1S/C23H28N4O3/c1-17(2)26-12-9-19-3-5-22(13-20(19)15-26)30-16-18-7-10-25(11-8-18)23-6-4-21(14-24-23)27(28)29/h3-6,13-14,18H,1,7-12,15-16H2,2H3. The average molecular weight is 409 g/mol. The van der Waals surface area contributed by atoms with Gasteiger partial charge >= 0.3 is 0 Å². The molecule has 0 atom stereocenters. The summed E-state index contributed by atoms with van der Waals surface area (Å²) in [5.41, 5.74) is 3.88. The molecule has 1 aromatic carbocycles. The molecular weight excluding hydrogens is 380 g/mol. The highest BCUT2D eigenvalue weighted by molar-refractivity contribution is 5.43. The van der Waals surface area contributed by atoms with Crippen LogP contribution in [0.15, 0.2) is 48.8 Å². The summed E-state index contributed by atoms with van der Waals surface area (Å²) in [6.07, 6.45) is 4.42. The summed E-state index contributed by atoms with van der Waals surface area (Å²) in [6, 6.07) is 9.72. The van der Waals surface area contributed by atoms with Crippen molar-refractivity contribution >= 4 is 11.5 Å². The van der Waals surface area contributed by atoms with Crippen molar-refractivity contribution in [2.24, 2.45) is 5.92 Å². The Morgan fingerprint density at radius 1 is 1.23 bits per heavy atom. The maximum atomic E-state index is 10.8. The molecular formula is C23H28N4O3. The summed E-state index contributed by atoms with van der Waals surface area (Å²) in [4.78, 5) is 19.1. The average Bonchev–Trinajstić information content (AvgIpc) is 2.77. The van der Waals surface area contributed by atoms with Crippen LogP contribution in [0.2, 0.25) is 0 Å². The lowest BCUT2D eigenvalue weighted by molar-refractivity contribution is -0.385. The zero-order valence-corrected chi connectivity index (χ0v) is 17.4. The van der Waals surface area contributed by atoms with Gasteiger partial charge in [0.1, 0.15) is 17.8 Å². The lowest BCUT2D eigenvalue weighted by atomic mass is 9.97. The van der Waals surface area contributed by atoms with Gasteiger partial charge in [0.05, 0.1) is 11.5 Å². The number of allylic oxidation sites excluding steroid dienone is 1. The fourth-order valence-electron chi connectivity index (χ4n) is 4.17. The van der Waals surface area contributed by atoms with Crippen LogP contribution in [0.3, 0.4) is 0 Å². The molecule has 0 saturated carbocycles. The smallest absolute Gasteiger partial charge is 0.287 e. The van der Waals surface area contributed by atoms with Crippen LogP contribution in [0.4, 0.5) is 11.5 Å². The third kappa shape index (κ3) is 4.56. The number of fused-ring (bicyclic) bond motifs is 1. The molecule has 0 bridgehead atoms. The van der Waals surface area contributed by atoms with Crippen molar-refractivity contribution < 1.29 is 9.66 Å². The Kier molecular flexibility index (Phi) is 5.88. The second-order valence-electron chi connectivity index (χ2n) is 8.21. The van der Waals surface area contributed by atoms with Gasteiger partial charge < -0.3 is 14.5 Å². The minimum Gasteiger partial charge on any atom is -0.493 e. The number of nitrogens with zero attached hydrogens (tertiary/aromatic N) is 4. The fourth-order valence-corrected chi connectivity index (χ4v) is 4.17. The summed E-state index contributed by atoms with van der Waals surface area (Å²) in [5.74, 6) is 2.25. The van der Waals surface area contributed by atoms with Crippen molar-refractivity contribution in [3.8, 4) is 5.75 Å². The van der Waals surface area contributed by atoms with Gasteiger partial charge in [-0.05, 0) is 61.4 Å². The van der Waals surface area contributed by atoms with E-state index in [-0.39, 0.29) is 5.69 Å². The summed E-state index contributed by atoms with van der Waals surface area (Å²) in [6.45, 7) is 10.5. The van der Waals surface area contributed by atoms with E-state index in [0.29, 0.717) is 12.5 Å². The first-order chi connectivity index (χ1) is 14.5. The fraction of sp³-hybridized carbons (Fsp3) is 0.435. The van der Waals surface area contributed by atoms with Crippen molar-refractivity contribution in [2.75, 3.05) is 31.1 Å². The number of hydrogen-bond donors (Lipinski definition) is 0. The molecule has 0 aliphatic carbocycles. The van der Waals surface area contributed by atoms with Crippen LogP contribution in [0.5, 0.6) is 5.75 Å². The number of pyridine rings is 1. The van der Waals surface area contributed by atoms with Gasteiger partial charge in [-0.15, -0.1) is 0 Å². The van der Waals surface area contributed by atoms with Crippen LogP contribution in [-0.2, 0) is 13.0 Å². The number of rotatable bonds is 6. The molecule has 158 valence electrons. The van der Waals surface area contributed by atoms with E-state index in [9.17, 15) is 10.1 Å². The maximum Gasteiger partial charge on any atom is 0.287 e. The molecule has 1 fully saturated rings. The zero-order valence-electron chi connectivity index (χ0n) is 17.4. The lowest BCUT2D eigenvalue weighted by Crippen LogP contribution is -2.36. The van der Waals surface area contributed by atoms with Gasteiger partial charge in [-0.1, -0.05) is 12.6 Å². The van der Waals surface area contributed by atoms with Crippen LogP contribution in [0.1, 0.15) is 30.9 Å². The number of hydrogen-bond acceptors (Lipinski definition) is 6. The molecule has 2 aliphatic rings. The molecule has 1 aromatic heterocycles. The first-order valence-electron chi connectivity index (χ1n) is 10.5. The Morgan fingerprint density at radius 2 is 2.03 bits per heavy atom. The summed E-state index contributed by atoms with van der Waals surface area (Å²) in [5, 5.41) is 10.8. The van der Waals surface area contributed by atoms with E-state index >= 15 is 0 Å². The Labute approximate surface area is 177 Å². The van der Waals surface area contributed by atoms with E-state index in [0.717, 1.165) is 62.7 Å². The van der Waals surface area contributed by atoms with E-state index in [2.05, 4.69) is 46.5 Å². The molecule has 7 heteroatoms. The molecule has 1 saturated heterocycles. The quantitative estimate of drug-likeness (QED) is 0.528. The van der Waals surface area contributed by atoms with Crippen LogP contribution < -0.4 is 9.64 Å². The number of benzene rings is 1. The minimum atomic E-state index is -0.419. The molecule has 0 amide bonds. The lowest BCUT2D eigenvalue weighted by Gasteiger charge is -2.33. The minimum absolute atomic E-state index is 0.0263. The third-order valence-electron chi connectivity index (χ3n) is 6.10. The van der Waals surface area contributed by atoms with Gasteiger partial charge in [-0.25, -0.2) is 4.98 Å². The van der Waals surface area contributed by atoms with E-state index in [1.165, 1.54) is 23.4 Å². The van der Waals surface area contributed by atoms with Crippen molar-refractivity contribution in [3.63, 3.8) is 0 Å². The summed E-state index contributed by atoms with van der Waals surface area (Å²) in [7, 11) is 0. The second kappa shape index (κ2) is 8.73.